The zero-order valence-corrected chi connectivity index (χ0v) is 21.6. The molecular formula is C27H31F3N6O3. The van der Waals surface area contributed by atoms with Crippen LogP contribution in [0.5, 0.6) is 17.4 Å². The van der Waals surface area contributed by atoms with Crippen LogP contribution in [0.1, 0.15) is 66.3 Å². The quantitative estimate of drug-likeness (QED) is 0.357. The van der Waals surface area contributed by atoms with Gasteiger partial charge in [0, 0.05) is 36.2 Å². The first-order chi connectivity index (χ1) is 18.7. The van der Waals surface area contributed by atoms with Crippen LogP contribution in [0.4, 0.5) is 24.7 Å². The van der Waals surface area contributed by atoms with Gasteiger partial charge in [-0.1, -0.05) is 12.8 Å². The summed E-state index contributed by atoms with van der Waals surface area (Å²) in [6, 6.07) is 3.70. The number of aromatic nitrogens is 1. The first-order valence-corrected chi connectivity index (χ1v) is 13.2. The van der Waals surface area contributed by atoms with Crippen LogP contribution in [0.15, 0.2) is 6.07 Å². The number of likely N-dealkylation sites (tertiary alicyclic amines) is 2. The number of rotatable bonds is 5. The third-order valence-corrected chi connectivity index (χ3v) is 7.59. The molecule has 12 heteroatoms. The molecule has 0 atom stereocenters. The molecule has 9 nitrogen and oxygen atoms in total. The van der Waals surface area contributed by atoms with Crippen LogP contribution in [0.3, 0.4) is 0 Å². The molecule has 0 amide bonds. The minimum atomic E-state index is -5.16. The van der Waals surface area contributed by atoms with Crippen LogP contribution in [0.25, 0.3) is 0 Å². The lowest BCUT2D eigenvalue weighted by Gasteiger charge is -2.32. The fourth-order valence-corrected chi connectivity index (χ4v) is 5.63. The van der Waals surface area contributed by atoms with Crippen molar-refractivity contribution < 1.29 is 27.4 Å². The fraction of sp³-hybridized carbons (Fsp3) is 0.519. The Morgan fingerprint density at radius 1 is 1.05 bits per heavy atom. The molecule has 39 heavy (non-hydrogen) atoms. The molecule has 3 aliphatic rings. The van der Waals surface area contributed by atoms with Gasteiger partial charge in [0.15, 0.2) is 0 Å². The molecule has 4 N–H and O–H groups in total. The summed E-state index contributed by atoms with van der Waals surface area (Å²) in [6.07, 6.45) is 1.15. The van der Waals surface area contributed by atoms with Crippen LogP contribution in [-0.4, -0.2) is 53.1 Å². The van der Waals surface area contributed by atoms with Gasteiger partial charge in [-0.3, -0.25) is 9.80 Å². The summed E-state index contributed by atoms with van der Waals surface area (Å²) >= 11 is 0. The van der Waals surface area contributed by atoms with Gasteiger partial charge in [-0.05, 0) is 57.9 Å². The number of nitrogens with zero attached hydrogens (tertiary/aromatic N) is 4. The van der Waals surface area contributed by atoms with Gasteiger partial charge in [-0.15, -0.1) is 0 Å². The number of alkyl halides is 3. The zero-order valence-electron chi connectivity index (χ0n) is 21.6. The van der Waals surface area contributed by atoms with Crippen molar-refractivity contribution in [2.45, 2.75) is 64.2 Å². The molecule has 1 aromatic heterocycles. The minimum Gasteiger partial charge on any atom is -0.438 e. The van der Waals surface area contributed by atoms with Gasteiger partial charge in [0.25, 0.3) is 0 Å². The van der Waals surface area contributed by atoms with Crippen molar-refractivity contribution in [2.75, 3.05) is 37.6 Å². The number of esters is 1. The Hall–Kier alpha value is -3.56. The van der Waals surface area contributed by atoms with Crippen LogP contribution in [0.2, 0.25) is 0 Å². The van der Waals surface area contributed by atoms with E-state index >= 15 is 0 Å². The van der Waals surface area contributed by atoms with Crippen molar-refractivity contribution in [3.63, 3.8) is 0 Å². The van der Waals surface area contributed by atoms with Gasteiger partial charge < -0.3 is 20.9 Å². The Labute approximate surface area is 224 Å². The van der Waals surface area contributed by atoms with Crippen molar-refractivity contribution in [2.24, 2.45) is 0 Å². The lowest BCUT2D eigenvalue weighted by atomic mass is 9.93. The first-order valence-electron chi connectivity index (χ1n) is 13.2. The van der Waals surface area contributed by atoms with Crippen molar-refractivity contribution in [1.82, 2.24) is 14.8 Å². The second-order valence-corrected chi connectivity index (χ2v) is 10.4. The number of carbonyl (C=O) groups excluding carboxylic acids is 1. The normalized spacial score (nSPS) is 18.0. The van der Waals surface area contributed by atoms with E-state index in [1.807, 2.05) is 6.07 Å². The summed E-state index contributed by atoms with van der Waals surface area (Å²) in [5.41, 5.74) is 14.4. The highest BCUT2D eigenvalue weighted by molar-refractivity contribution is 5.80. The number of anilines is 2. The number of benzene rings is 1. The molecule has 0 bridgehead atoms. The lowest BCUT2D eigenvalue weighted by Crippen LogP contribution is -2.33. The maximum absolute atomic E-state index is 13.4. The number of hydrogen-bond donors (Lipinski definition) is 2. The maximum Gasteiger partial charge on any atom is 0.491 e. The Morgan fingerprint density at radius 3 is 2.26 bits per heavy atom. The number of nitrogen functional groups attached to an aromatic ring is 2. The molecular weight excluding hydrogens is 513 g/mol. The smallest absolute Gasteiger partial charge is 0.438 e. The van der Waals surface area contributed by atoms with Gasteiger partial charge in [0.05, 0.1) is 11.3 Å². The molecule has 2 aromatic rings. The van der Waals surface area contributed by atoms with Crippen LogP contribution >= 0.6 is 0 Å². The number of nitrogens with two attached hydrogens (primary N) is 2. The Balaban J connectivity index is 1.65. The van der Waals surface area contributed by atoms with E-state index in [2.05, 4.69) is 14.8 Å². The average molecular weight is 545 g/mol. The maximum atomic E-state index is 13.4. The van der Waals surface area contributed by atoms with Crippen molar-refractivity contribution >= 4 is 17.5 Å². The van der Waals surface area contributed by atoms with Crippen molar-refractivity contribution in [1.29, 1.82) is 5.26 Å². The van der Waals surface area contributed by atoms with Gasteiger partial charge in [0.2, 0.25) is 5.88 Å². The number of pyridine rings is 1. The largest absolute Gasteiger partial charge is 0.491 e. The van der Waals surface area contributed by atoms with Crippen LogP contribution in [0, 0.1) is 11.3 Å². The zero-order chi connectivity index (χ0) is 27.7. The molecule has 3 aliphatic heterocycles. The summed E-state index contributed by atoms with van der Waals surface area (Å²) in [4.78, 5) is 20.7. The number of halogens is 3. The number of ether oxygens (including phenoxy) is 2. The molecule has 0 spiro atoms. The second-order valence-electron chi connectivity index (χ2n) is 10.4. The topological polar surface area (TPSA) is 131 Å². The molecule has 0 saturated carbocycles. The SMILES string of the molecule is N#Cc1c(N)nc2c(c1N)Cc1cc(CN3CCCCC3)c(OC(=O)C(F)(F)F)c(CN3CCCCC3)c1O2. The number of fused-ring (bicyclic) bond motifs is 2. The van der Waals surface area contributed by atoms with E-state index in [0.717, 1.165) is 64.7 Å². The highest BCUT2D eigenvalue weighted by atomic mass is 19.4. The van der Waals surface area contributed by atoms with E-state index in [-0.39, 0.29) is 47.4 Å². The third kappa shape index (κ3) is 5.60. The minimum absolute atomic E-state index is 0.0543. The molecule has 1 aromatic carbocycles. The van der Waals surface area contributed by atoms with Gasteiger partial charge in [-0.2, -0.15) is 23.4 Å². The molecule has 4 heterocycles. The van der Waals surface area contributed by atoms with E-state index in [4.69, 9.17) is 20.9 Å². The van der Waals surface area contributed by atoms with E-state index < -0.39 is 12.1 Å². The second kappa shape index (κ2) is 10.9. The van der Waals surface area contributed by atoms with E-state index in [1.54, 1.807) is 6.07 Å². The lowest BCUT2D eigenvalue weighted by molar-refractivity contribution is -0.189. The number of carbonyl (C=O) groups is 1. The fourth-order valence-electron chi connectivity index (χ4n) is 5.63. The van der Waals surface area contributed by atoms with E-state index in [9.17, 15) is 23.2 Å². The van der Waals surface area contributed by atoms with E-state index in [0.29, 0.717) is 28.8 Å². The molecule has 2 fully saturated rings. The molecule has 208 valence electrons. The molecule has 5 rings (SSSR count). The predicted octanol–water partition coefficient (Wildman–Crippen LogP) is 4.25. The molecule has 0 aliphatic carbocycles. The predicted molar refractivity (Wildman–Crippen MR) is 137 cm³/mol. The summed E-state index contributed by atoms with van der Waals surface area (Å²) in [7, 11) is 0. The number of piperidine rings is 2. The highest BCUT2D eigenvalue weighted by Gasteiger charge is 2.43. The van der Waals surface area contributed by atoms with Gasteiger partial charge in [-0.25, -0.2) is 4.79 Å². The molecule has 2 saturated heterocycles. The standard InChI is InChI=1S/C27H31F3N6O3/c28-27(29,30)26(37)39-23-17(14-35-7-3-1-4-8-35)11-16-12-18-21(32)19(13-31)24(33)34-25(18)38-22(16)20(23)15-36-9-5-2-6-10-36/h11H,1-10,12,14-15H2,(H4,32,33,34). The monoisotopic (exact) mass is 544 g/mol. The molecule has 0 radical (unpaired) electrons. The Morgan fingerprint density at radius 2 is 1.67 bits per heavy atom. The Kier molecular flexibility index (Phi) is 7.55. The van der Waals surface area contributed by atoms with Crippen molar-refractivity contribution in [3.05, 3.63) is 33.9 Å². The van der Waals surface area contributed by atoms with E-state index in [1.165, 1.54) is 0 Å². The van der Waals surface area contributed by atoms with Gasteiger partial charge >= 0.3 is 12.1 Å². The van der Waals surface area contributed by atoms with Gasteiger partial charge in [0.1, 0.15) is 28.9 Å². The first kappa shape index (κ1) is 27.0. The highest BCUT2D eigenvalue weighted by Crippen LogP contribution is 2.47. The third-order valence-electron chi connectivity index (χ3n) is 7.59. The Bertz CT molecular complexity index is 1310. The number of nitriles is 1. The van der Waals surface area contributed by atoms with Crippen molar-refractivity contribution in [3.8, 4) is 23.4 Å². The summed E-state index contributed by atoms with van der Waals surface area (Å²) in [5.74, 6) is -2.11. The average Bonchev–Trinajstić information content (AvgIpc) is 2.91. The summed E-state index contributed by atoms with van der Waals surface area (Å²) < 4.78 is 51.6. The van der Waals surface area contributed by atoms with Crippen LogP contribution in [-0.2, 0) is 24.3 Å². The van der Waals surface area contributed by atoms with Crippen LogP contribution < -0.4 is 20.9 Å². The summed E-state index contributed by atoms with van der Waals surface area (Å²) in [6.45, 7) is 3.69. The summed E-state index contributed by atoms with van der Waals surface area (Å²) in [5, 5.41) is 9.49. The molecule has 0 unspecified atom stereocenters. The number of hydrogen-bond acceptors (Lipinski definition) is 9.